The third-order valence-corrected chi connectivity index (χ3v) is 5.87. The third-order valence-electron chi connectivity index (χ3n) is 4.45. The zero-order valence-electron chi connectivity index (χ0n) is 15.9. The van der Waals surface area contributed by atoms with E-state index in [1.54, 1.807) is 18.2 Å². The van der Waals surface area contributed by atoms with Crippen molar-refractivity contribution in [1.82, 2.24) is 10.0 Å². The molecule has 2 aromatic carbocycles. The first-order valence-corrected chi connectivity index (χ1v) is 10.5. The fourth-order valence-electron chi connectivity index (χ4n) is 2.59. The fourth-order valence-corrected chi connectivity index (χ4v) is 3.53. The van der Waals surface area contributed by atoms with Gasteiger partial charge >= 0.3 is 0 Å². The molecule has 0 atom stereocenters. The number of nitrogens with one attached hydrogen (secondary N) is 3. The molecule has 29 heavy (non-hydrogen) atoms. The predicted molar refractivity (Wildman–Crippen MR) is 110 cm³/mol. The van der Waals surface area contributed by atoms with Crippen LogP contribution in [0.25, 0.3) is 0 Å². The van der Waals surface area contributed by atoms with Crippen molar-refractivity contribution in [2.24, 2.45) is 0 Å². The molecule has 0 saturated heterocycles. The highest BCUT2D eigenvalue weighted by atomic mass is 32.2. The third kappa shape index (κ3) is 5.22. The van der Waals surface area contributed by atoms with Crippen molar-refractivity contribution in [3.05, 3.63) is 59.2 Å². The van der Waals surface area contributed by atoms with Gasteiger partial charge < -0.3 is 10.6 Å². The number of aryl methyl sites for hydroxylation is 1. The Kier molecular flexibility index (Phi) is 6.01. The van der Waals surface area contributed by atoms with Crippen LogP contribution in [0.5, 0.6) is 0 Å². The summed E-state index contributed by atoms with van der Waals surface area (Å²) in [7, 11) is -3.72. The van der Waals surface area contributed by atoms with Gasteiger partial charge in [-0.2, -0.15) is 4.72 Å². The molecule has 0 aliphatic heterocycles. The molecule has 0 spiro atoms. The molecule has 3 N–H and O–H groups in total. The summed E-state index contributed by atoms with van der Waals surface area (Å²) in [6.07, 6.45) is 7.05. The van der Waals surface area contributed by atoms with Gasteiger partial charge in [-0.1, -0.05) is 12.0 Å². The summed E-state index contributed by atoms with van der Waals surface area (Å²) in [4.78, 5) is 24.8. The van der Waals surface area contributed by atoms with Gasteiger partial charge in [0.2, 0.25) is 10.0 Å². The topological polar surface area (TPSA) is 104 Å². The van der Waals surface area contributed by atoms with Crippen LogP contribution in [-0.2, 0) is 10.0 Å². The second-order valence-corrected chi connectivity index (χ2v) is 8.55. The zero-order chi connectivity index (χ0) is 21.0. The van der Waals surface area contributed by atoms with E-state index < -0.39 is 15.9 Å². The molecule has 1 aliphatic rings. The van der Waals surface area contributed by atoms with Crippen LogP contribution in [0.3, 0.4) is 0 Å². The van der Waals surface area contributed by atoms with Crippen LogP contribution >= 0.6 is 0 Å². The Bertz CT molecular complexity index is 1080. The van der Waals surface area contributed by atoms with Gasteiger partial charge in [0.25, 0.3) is 11.8 Å². The Balaban J connectivity index is 1.73. The van der Waals surface area contributed by atoms with Crippen LogP contribution in [0.4, 0.5) is 5.69 Å². The van der Waals surface area contributed by atoms with Crippen molar-refractivity contribution >= 4 is 27.5 Å². The molecule has 3 rings (SSSR count). The molecule has 7 nitrogen and oxygen atoms in total. The molecule has 0 aromatic heterocycles. The lowest BCUT2D eigenvalue weighted by Gasteiger charge is -2.11. The Labute approximate surface area is 169 Å². The number of carbonyl (C=O) groups excluding carboxylic acids is 2. The van der Waals surface area contributed by atoms with Crippen molar-refractivity contribution in [2.75, 3.05) is 11.9 Å². The molecule has 2 aromatic rings. The van der Waals surface area contributed by atoms with Gasteiger partial charge in [-0.15, -0.1) is 6.42 Å². The highest BCUT2D eigenvalue weighted by Crippen LogP contribution is 2.22. The molecule has 1 fully saturated rings. The molecule has 0 radical (unpaired) electrons. The normalized spacial score (nSPS) is 13.4. The smallest absolute Gasteiger partial charge is 0.255 e. The molecule has 0 bridgehead atoms. The largest absolute Gasteiger partial charge is 0.349 e. The van der Waals surface area contributed by atoms with Crippen molar-refractivity contribution in [3.8, 4) is 12.3 Å². The van der Waals surface area contributed by atoms with Crippen molar-refractivity contribution in [3.63, 3.8) is 0 Å². The second-order valence-electron chi connectivity index (χ2n) is 6.78. The van der Waals surface area contributed by atoms with E-state index in [1.165, 1.54) is 24.3 Å². The minimum absolute atomic E-state index is 0.0132. The van der Waals surface area contributed by atoms with Gasteiger partial charge in [0.1, 0.15) is 0 Å². The lowest BCUT2D eigenvalue weighted by molar-refractivity contribution is 0.0949. The van der Waals surface area contributed by atoms with E-state index in [-0.39, 0.29) is 29.0 Å². The average Bonchev–Trinajstić information content (AvgIpc) is 3.52. The van der Waals surface area contributed by atoms with E-state index in [0.29, 0.717) is 11.3 Å². The Morgan fingerprint density at radius 1 is 1.07 bits per heavy atom. The highest BCUT2D eigenvalue weighted by molar-refractivity contribution is 7.89. The molecule has 8 heteroatoms. The van der Waals surface area contributed by atoms with E-state index in [2.05, 4.69) is 21.3 Å². The maximum Gasteiger partial charge on any atom is 0.255 e. The molecule has 150 valence electrons. The van der Waals surface area contributed by atoms with Crippen LogP contribution < -0.4 is 15.4 Å². The monoisotopic (exact) mass is 411 g/mol. The van der Waals surface area contributed by atoms with Crippen LogP contribution in [0.1, 0.15) is 39.1 Å². The number of hydrogen-bond donors (Lipinski definition) is 3. The number of terminal acetylenes is 1. The van der Waals surface area contributed by atoms with Crippen LogP contribution in [0.15, 0.2) is 47.4 Å². The molecule has 1 saturated carbocycles. The number of anilines is 1. The molecular weight excluding hydrogens is 390 g/mol. The van der Waals surface area contributed by atoms with E-state index in [1.807, 2.05) is 6.92 Å². The summed E-state index contributed by atoms with van der Waals surface area (Å²) >= 11 is 0. The minimum atomic E-state index is -3.72. The quantitative estimate of drug-likeness (QED) is 0.607. The van der Waals surface area contributed by atoms with E-state index >= 15 is 0 Å². The number of carbonyl (C=O) groups is 2. The number of amides is 2. The average molecular weight is 411 g/mol. The van der Waals surface area contributed by atoms with Crippen LogP contribution in [0, 0.1) is 19.3 Å². The maximum absolute atomic E-state index is 12.6. The fraction of sp³-hybridized carbons (Fsp3) is 0.238. The Morgan fingerprint density at radius 2 is 1.72 bits per heavy atom. The van der Waals surface area contributed by atoms with Gasteiger partial charge in [0.05, 0.1) is 11.4 Å². The van der Waals surface area contributed by atoms with Gasteiger partial charge in [-0.3, -0.25) is 9.59 Å². The number of hydrogen-bond acceptors (Lipinski definition) is 4. The SMILES string of the molecule is C#CCNS(=O)(=O)c1ccc(C(=O)Nc2cc(C(=O)NC3CC3)ccc2C)cc1. The number of benzene rings is 2. The number of rotatable bonds is 7. The first kappa shape index (κ1) is 20.6. The first-order valence-electron chi connectivity index (χ1n) is 9.06. The Morgan fingerprint density at radius 3 is 2.34 bits per heavy atom. The van der Waals surface area contributed by atoms with Crippen molar-refractivity contribution < 1.29 is 18.0 Å². The first-order chi connectivity index (χ1) is 13.8. The van der Waals surface area contributed by atoms with E-state index in [9.17, 15) is 18.0 Å². The van der Waals surface area contributed by atoms with Crippen molar-refractivity contribution in [2.45, 2.75) is 30.7 Å². The van der Waals surface area contributed by atoms with Gasteiger partial charge in [0, 0.05) is 22.9 Å². The number of sulfonamides is 1. The highest BCUT2D eigenvalue weighted by Gasteiger charge is 2.24. The zero-order valence-corrected chi connectivity index (χ0v) is 16.7. The second kappa shape index (κ2) is 8.47. The van der Waals surface area contributed by atoms with E-state index in [4.69, 9.17) is 6.42 Å². The predicted octanol–water partition coefficient (Wildman–Crippen LogP) is 2.05. The molecular formula is C21H21N3O4S. The van der Waals surface area contributed by atoms with Gasteiger partial charge in [0.15, 0.2) is 0 Å². The summed E-state index contributed by atoms with van der Waals surface area (Å²) in [6, 6.07) is 10.9. The Hall–Kier alpha value is -3.15. The minimum Gasteiger partial charge on any atom is -0.349 e. The summed E-state index contributed by atoms with van der Waals surface area (Å²) < 4.78 is 26.3. The van der Waals surface area contributed by atoms with Crippen LogP contribution in [0.2, 0.25) is 0 Å². The summed E-state index contributed by atoms with van der Waals surface area (Å²) in [6.45, 7) is 1.71. The molecule has 2 amide bonds. The van der Waals surface area contributed by atoms with Crippen LogP contribution in [-0.4, -0.2) is 32.8 Å². The van der Waals surface area contributed by atoms with Gasteiger partial charge in [-0.05, 0) is 61.7 Å². The molecule has 1 aliphatic carbocycles. The maximum atomic E-state index is 12.6. The van der Waals surface area contributed by atoms with E-state index in [0.717, 1.165) is 18.4 Å². The standard InChI is InChI=1S/C21H21N3O4S/c1-3-12-22-29(27,28)18-10-6-15(7-11-18)20(25)24-19-13-16(5-4-14(19)2)21(26)23-17-8-9-17/h1,4-7,10-11,13,17,22H,8-9,12H2,2H3,(H,23,26)(H,24,25). The molecule has 0 unspecified atom stereocenters. The summed E-state index contributed by atoms with van der Waals surface area (Å²) in [5, 5.41) is 5.68. The summed E-state index contributed by atoms with van der Waals surface area (Å²) in [5.74, 6) is 1.62. The summed E-state index contributed by atoms with van der Waals surface area (Å²) in [5.41, 5.74) is 2.08. The van der Waals surface area contributed by atoms with Gasteiger partial charge in [-0.25, -0.2) is 8.42 Å². The lowest BCUT2D eigenvalue weighted by atomic mass is 10.1. The lowest BCUT2D eigenvalue weighted by Crippen LogP contribution is -2.25. The van der Waals surface area contributed by atoms with Crippen molar-refractivity contribution in [1.29, 1.82) is 0 Å². The molecule has 0 heterocycles.